The lowest BCUT2D eigenvalue weighted by Gasteiger charge is -2.16. The van der Waals surface area contributed by atoms with Gasteiger partial charge in [-0.3, -0.25) is 4.79 Å². The van der Waals surface area contributed by atoms with Crippen LogP contribution in [0.25, 0.3) is 0 Å². The number of nitrogens with two attached hydrogens (primary N) is 1. The van der Waals surface area contributed by atoms with Crippen molar-refractivity contribution in [2.24, 2.45) is 17.8 Å². The Hall–Kier alpha value is -1.10. The van der Waals surface area contributed by atoms with Gasteiger partial charge in [-0.15, -0.1) is 0 Å². The lowest BCUT2D eigenvalue weighted by atomic mass is 9.98. The van der Waals surface area contributed by atoms with E-state index in [0.29, 0.717) is 16.0 Å². The highest BCUT2D eigenvalue weighted by Gasteiger charge is 2.41. The molecule has 0 saturated heterocycles. The van der Waals surface area contributed by atoms with Crippen LogP contribution in [0.1, 0.15) is 36.0 Å². The Kier molecular flexibility index (Phi) is 3.71. The Morgan fingerprint density at radius 3 is 2.50 bits per heavy atom. The third-order valence-electron chi connectivity index (χ3n) is 4.28. The van der Waals surface area contributed by atoms with Crippen LogP contribution in [0.4, 0.5) is 10.1 Å². The summed E-state index contributed by atoms with van der Waals surface area (Å²) in [5, 5.41) is 2.98. The highest BCUT2D eigenvalue weighted by molar-refractivity contribution is 9.10. The van der Waals surface area contributed by atoms with Gasteiger partial charge in [0.05, 0.1) is 11.3 Å². The lowest BCUT2D eigenvalue weighted by molar-refractivity contribution is 0.0942. The fourth-order valence-corrected chi connectivity index (χ4v) is 3.31. The molecule has 0 aromatic heterocycles. The first kappa shape index (κ1) is 13.9. The highest BCUT2D eigenvalue weighted by Crippen LogP contribution is 2.48. The Morgan fingerprint density at radius 2 is 1.95 bits per heavy atom. The number of nitrogen functional groups attached to an aromatic ring is 1. The molecule has 2 aliphatic rings. The smallest absolute Gasteiger partial charge is 0.252 e. The normalized spacial score (nSPS) is 18.4. The number of hydrogen-bond acceptors (Lipinski definition) is 2. The van der Waals surface area contributed by atoms with E-state index >= 15 is 0 Å². The predicted octanol–water partition coefficient (Wildman–Crippen LogP) is 3.34. The van der Waals surface area contributed by atoms with Crippen molar-refractivity contribution in [2.45, 2.75) is 25.7 Å². The molecule has 0 atom stereocenters. The molecule has 20 heavy (non-hydrogen) atoms. The number of benzene rings is 1. The van der Waals surface area contributed by atoms with E-state index in [9.17, 15) is 9.18 Å². The van der Waals surface area contributed by atoms with Crippen LogP contribution in [0, 0.1) is 23.6 Å². The maximum atomic E-state index is 13.3. The molecule has 0 bridgehead atoms. The number of anilines is 1. The molecule has 108 valence electrons. The number of nitrogens with one attached hydrogen (secondary N) is 1. The van der Waals surface area contributed by atoms with E-state index in [2.05, 4.69) is 21.2 Å². The van der Waals surface area contributed by atoms with E-state index < -0.39 is 5.82 Å². The number of hydrogen-bond donors (Lipinski definition) is 2. The van der Waals surface area contributed by atoms with Crippen LogP contribution in [0.15, 0.2) is 16.6 Å². The van der Waals surface area contributed by atoms with Crippen molar-refractivity contribution in [1.82, 2.24) is 5.32 Å². The zero-order chi connectivity index (χ0) is 14.3. The molecule has 3 rings (SSSR count). The van der Waals surface area contributed by atoms with Crippen molar-refractivity contribution < 1.29 is 9.18 Å². The summed E-state index contributed by atoms with van der Waals surface area (Å²) >= 11 is 3.22. The van der Waals surface area contributed by atoms with Gasteiger partial charge in [0.1, 0.15) is 5.82 Å². The second-order valence-electron chi connectivity index (χ2n) is 5.90. The minimum Gasteiger partial charge on any atom is -0.396 e. The maximum Gasteiger partial charge on any atom is 0.252 e. The molecule has 0 heterocycles. The van der Waals surface area contributed by atoms with Crippen LogP contribution in [-0.2, 0) is 0 Å². The van der Waals surface area contributed by atoms with Crippen LogP contribution < -0.4 is 11.1 Å². The molecule has 2 saturated carbocycles. The summed E-state index contributed by atoms with van der Waals surface area (Å²) in [6.07, 6.45) is 5.18. The standard InChI is InChI=1S/C15H18BrFN2O/c16-12-6-13(17)14(18)5-10(12)15(20)19-7-11(8-1-2-8)9-3-4-9/h5-6,8-9,11H,1-4,7,18H2,(H,19,20). The lowest BCUT2D eigenvalue weighted by Crippen LogP contribution is -2.31. The SMILES string of the molecule is Nc1cc(C(=O)NCC(C2CC2)C2CC2)c(Br)cc1F. The number of halogens is 2. The monoisotopic (exact) mass is 340 g/mol. The minimum absolute atomic E-state index is 0.000661. The summed E-state index contributed by atoms with van der Waals surface area (Å²) in [5.41, 5.74) is 5.92. The summed E-state index contributed by atoms with van der Waals surface area (Å²) in [5.74, 6) is 1.52. The number of carbonyl (C=O) groups is 1. The molecule has 5 heteroatoms. The third-order valence-corrected chi connectivity index (χ3v) is 4.94. The van der Waals surface area contributed by atoms with Gasteiger partial charge in [0.15, 0.2) is 0 Å². The van der Waals surface area contributed by atoms with Gasteiger partial charge in [-0.05, 0) is 71.5 Å². The van der Waals surface area contributed by atoms with Crippen LogP contribution in [-0.4, -0.2) is 12.5 Å². The van der Waals surface area contributed by atoms with Gasteiger partial charge in [-0.25, -0.2) is 4.39 Å². The van der Waals surface area contributed by atoms with Crippen LogP contribution in [0.5, 0.6) is 0 Å². The molecule has 0 radical (unpaired) electrons. The zero-order valence-corrected chi connectivity index (χ0v) is 12.7. The molecule has 0 aliphatic heterocycles. The first-order chi connectivity index (χ1) is 9.56. The van der Waals surface area contributed by atoms with E-state index in [1.807, 2.05) is 0 Å². The van der Waals surface area contributed by atoms with Gasteiger partial charge < -0.3 is 11.1 Å². The number of rotatable bonds is 5. The molecule has 3 N–H and O–H groups in total. The van der Waals surface area contributed by atoms with Gasteiger partial charge in [0.2, 0.25) is 0 Å². The summed E-state index contributed by atoms with van der Waals surface area (Å²) in [4.78, 5) is 12.2. The maximum absolute atomic E-state index is 13.3. The van der Waals surface area contributed by atoms with Crippen LogP contribution >= 0.6 is 15.9 Å². The molecular formula is C15H18BrFN2O. The first-order valence-electron chi connectivity index (χ1n) is 7.09. The second kappa shape index (κ2) is 5.35. The van der Waals surface area contributed by atoms with Gasteiger partial charge in [-0.2, -0.15) is 0 Å². The Bertz CT molecular complexity index is 529. The van der Waals surface area contributed by atoms with E-state index in [0.717, 1.165) is 18.4 Å². The van der Waals surface area contributed by atoms with E-state index in [1.54, 1.807) is 0 Å². The third kappa shape index (κ3) is 2.97. The fourth-order valence-electron chi connectivity index (χ4n) is 2.81. The van der Waals surface area contributed by atoms with E-state index in [4.69, 9.17) is 5.73 Å². The van der Waals surface area contributed by atoms with Crippen molar-refractivity contribution in [3.8, 4) is 0 Å². The van der Waals surface area contributed by atoms with Gasteiger partial charge in [-0.1, -0.05) is 0 Å². The van der Waals surface area contributed by atoms with Crippen molar-refractivity contribution in [3.63, 3.8) is 0 Å². The van der Waals surface area contributed by atoms with Gasteiger partial charge in [0, 0.05) is 11.0 Å². The topological polar surface area (TPSA) is 55.1 Å². The molecule has 1 aromatic carbocycles. The van der Waals surface area contributed by atoms with Crippen molar-refractivity contribution in [2.75, 3.05) is 12.3 Å². The zero-order valence-electron chi connectivity index (χ0n) is 11.2. The van der Waals surface area contributed by atoms with Crippen molar-refractivity contribution >= 4 is 27.5 Å². The quantitative estimate of drug-likeness (QED) is 0.807. The number of amides is 1. The summed E-state index contributed by atoms with van der Waals surface area (Å²) in [6, 6.07) is 2.63. The van der Waals surface area contributed by atoms with Crippen molar-refractivity contribution in [1.29, 1.82) is 0 Å². The summed E-state index contributed by atoms with van der Waals surface area (Å²) in [6.45, 7) is 0.720. The number of carbonyl (C=O) groups excluding carboxylic acids is 1. The van der Waals surface area contributed by atoms with Crippen LogP contribution in [0.3, 0.4) is 0 Å². The molecular weight excluding hydrogens is 323 g/mol. The van der Waals surface area contributed by atoms with Crippen molar-refractivity contribution in [3.05, 3.63) is 28.0 Å². The fraction of sp³-hybridized carbons (Fsp3) is 0.533. The van der Waals surface area contributed by atoms with E-state index in [-0.39, 0.29) is 11.6 Å². The molecule has 3 nitrogen and oxygen atoms in total. The Balaban J connectivity index is 1.65. The average molecular weight is 341 g/mol. The highest BCUT2D eigenvalue weighted by atomic mass is 79.9. The minimum atomic E-state index is -0.512. The second-order valence-corrected chi connectivity index (χ2v) is 6.76. The molecule has 2 aliphatic carbocycles. The molecule has 2 fully saturated rings. The Morgan fingerprint density at radius 1 is 1.35 bits per heavy atom. The van der Waals surface area contributed by atoms with Gasteiger partial charge >= 0.3 is 0 Å². The van der Waals surface area contributed by atoms with E-state index in [1.165, 1.54) is 37.8 Å². The predicted molar refractivity (Wildman–Crippen MR) is 79.8 cm³/mol. The molecule has 1 aromatic rings. The Labute approximate surface area is 126 Å². The van der Waals surface area contributed by atoms with Gasteiger partial charge in [0.25, 0.3) is 5.91 Å². The molecule has 1 amide bonds. The summed E-state index contributed by atoms with van der Waals surface area (Å²) in [7, 11) is 0. The largest absolute Gasteiger partial charge is 0.396 e. The summed E-state index contributed by atoms with van der Waals surface area (Å²) < 4.78 is 13.7. The molecule has 0 spiro atoms. The average Bonchev–Trinajstić information content (AvgIpc) is 3.26. The first-order valence-corrected chi connectivity index (χ1v) is 7.88. The molecule has 0 unspecified atom stereocenters. The van der Waals surface area contributed by atoms with Crippen LogP contribution in [0.2, 0.25) is 0 Å².